The first kappa shape index (κ1) is 61.5. The van der Waals surface area contributed by atoms with E-state index in [2.05, 4.69) is 146 Å². The quantitative estimate of drug-likeness (QED) is 0.0805. The fourth-order valence-corrected chi connectivity index (χ4v) is 15.2. The van der Waals surface area contributed by atoms with Crippen molar-refractivity contribution in [1.29, 1.82) is 0 Å². The van der Waals surface area contributed by atoms with Gasteiger partial charge in [0.15, 0.2) is 0 Å². The zero-order chi connectivity index (χ0) is 60.8. The van der Waals surface area contributed by atoms with E-state index in [-0.39, 0.29) is 53.7 Å². The first-order chi connectivity index (χ1) is 42.9. The van der Waals surface area contributed by atoms with Crippen LogP contribution in [0.25, 0.3) is 22.3 Å². The number of carbonyl (C=O) groups is 3. The van der Waals surface area contributed by atoms with E-state index in [1.165, 1.54) is 47.9 Å². The lowest BCUT2D eigenvalue weighted by Crippen LogP contribution is -2.48. The Morgan fingerprint density at radius 2 is 0.966 bits per heavy atom. The van der Waals surface area contributed by atoms with Crippen LogP contribution in [0.15, 0.2) is 110 Å². The molecule has 7 aliphatic rings. The highest BCUT2D eigenvalue weighted by molar-refractivity contribution is 5.96. The Morgan fingerprint density at radius 1 is 0.523 bits per heavy atom. The van der Waals surface area contributed by atoms with E-state index in [0.29, 0.717) is 35.8 Å². The number of nitrogens with two attached hydrogens (primary N) is 1. The van der Waals surface area contributed by atoms with Gasteiger partial charge in [0.2, 0.25) is 17.7 Å². The molecule has 0 radical (unpaired) electrons. The number of ether oxygens (including phenoxy) is 3. The van der Waals surface area contributed by atoms with Crippen molar-refractivity contribution in [3.8, 4) is 33.8 Å². The largest absolute Gasteiger partial charge is 0.496 e. The average molecular weight is 1190 g/mol. The Kier molecular flexibility index (Phi) is 19.5. The SMILES string of the molecule is COc1ccc(C2CCC(CN(C(=O)C3CCC(N)CC3)c3cccc(-c4cnn(C5CC5)c4)c3)CC2)cc1C.COc1ccc(C2CCC(CN(C(=O)C3CCC(NC(=O)C4CC(OC)C4)CC3)c3cccc(-c4cnn(C5CC5)c4)c3)CC2)cc1C. The summed E-state index contributed by atoms with van der Waals surface area (Å²) < 4.78 is 20.5. The van der Waals surface area contributed by atoms with Gasteiger partial charge in [-0.25, -0.2) is 0 Å². The van der Waals surface area contributed by atoms with Crippen molar-refractivity contribution >= 4 is 29.1 Å². The van der Waals surface area contributed by atoms with Crippen LogP contribution in [-0.4, -0.2) is 89.9 Å². The van der Waals surface area contributed by atoms with Crippen LogP contribution in [0.1, 0.15) is 187 Å². The summed E-state index contributed by atoms with van der Waals surface area (Å²) in [5.74, 6) is 4.77. The highest BCUT2D eigenvalue weighted by atomic mass is 16.5. The molecule has 0 bridgehead atoms. The first-order valence-corrected chi connectivity index (χ1v) is 33.7. The van der Waals surface area contributed by atoms with Gasteiger partial charge in [0, 0.05) is 84.9 Å². The molecule has 6 aromatic rings. The molecule has 7 aliphatic carbocycles. The predicted octanol–water partition coefficient (Wildman–Crippen LogP) is 14.6. The van der Waals surface area contributed by atoms with E-state index >= 15 is 0 Å². The number of aromatic nitrogens is 4. The second-order valence-electron chi connectivity index (χ2n) is 27.5. The van der Waals surface area contributed by atoms with E-state index in [4.69, 9.17) is 19.9 Å². The lowest BCUT2D eigenvalue weighted by Gasteiger charge is -2.37. The minimum Gasteiger partial charge on any atom is -0.496 e. The molecule has 0 spiro atoms. The third kappa shape index (κ3) is 14.8. The smallest absolute Gasteiger partial charge is 0.230 e. The molecule has 7 saturated carbocycles. The van der Waals surface area contributed by atoms with Crippen LogP contribution < -0.4 is 30.3 Å². The summed E-state index contributed by atoms with van der Waals surface area (Å²) in [6.07, 6.45) is 31.0. The molecule has 2 heterocycles. The van der Waals surface area contributed by atoms with Gasteiger partial charge in [0.1, 0.15) is 11.5 Å². The maximum atomic E-state index is 14.5. The number of anilines is 2. The molecule has 3 N–H and O–H groups in total. The number of nitrogens with zero attached hydrogens (tertiary/aromatic N) is 6. The van der Waals surface area contributed by atoms with Crippen LogP contribution in [-0.2, 0) is 19.1 Å². The summed E-state index contributed by atoms with van der Waals surface area (Å²) in [7, 11) is 5.18. The summed E-state index contributed by atoms with van der Waals surface area (Å²) in [6.45, 7) is 5.79. The third-order valence-electron chi connectivity index (χ3n) is 21.3. The minimum absolute atomic E-state index is 0.0281. The molecule has 0 aliphatic heterocycles. The Balaban J connectivity index is 0.000000174. The normalized spacial score (nSPS) is 26.2. The summed E-state index contributed by atoms with van der Waals surface area (Å²) in [6, 6.07) is 31.8. The molecule has 3 amide bonds. The number of hydrogen-bond donors (Lipinski definition) is 2. The molecule has 0 atom stereocenters. The molecular weight excluding hydrogens is 1100 g/mol. The van der Waals surface area contributed by atoms with Crippen LogP contribution in [0.3, 0.4) is 0 Å². The van der Waals surface area contributed by atoms with Crippen molar-refractivity contribution in [3.05, 3.63) is 132 Å². The number of aryl methyl sites for hydroxylation is 2. The summed E-state index contributed by atoms with van der Waals surface area (Å²) >= 11 is 0. The van der Waals surface area contributed by atoms with Crippen LogP contribution in [0.5, 0.6) is 11.5 Å². The van der Waals surface area contributed by atoms with E-state index < -0.39 is 0 Å². The van der Waals surface area contributed by atoms with Gasteiger partial charge in [0.25, 0.3) is 0 Å². The first-order valence-electron chi connectivity index (χ1n) is 33.7. The van der Waals surface area contributed by atoms with E-state index in [9.17, 15) is 14.4 Å². The molecule has 468 valence electrons. The van der Waals surface area contributed by atoms with Gasteiger partial charge in [0.05, 0.1) is 44.8 Å². The molecule has 7 fully saturated rings. The number of benzene rings is 4. The van der Waals surface area contributed by atoms with Crippen molar-refractivity contribution in [3.63, 3.8) is 0 Å². The Hall–Kier alpha value is -6.77. The lowest BCUT2D eigenvalue weighted by atomic mass is 9.78. The Labute approximate surface area is 522 Å². The topological polar surface area (TPSA) is 159 Å². The molecular formula is C74H96N8O6. The molecule has 14 nitrogen and oxygen atoms in total. The standard InChI is InChI=1S/C40H52N4O4.C34H44N4O2/c1-26-19-31(13-18-38(26)48-3)28-9-7-27(8-10-28)24-43(36-6-4-5-30(20-36)33-23-41-44(25-33)35-16-17-35)40(46)29-11-14-34(15-12-29)42-39(45)32-21-37(22-32)47-2;1-23-18-28(12-17-33(23)40-2)25-8-6-24(7-9-25)21-37(34(39)26-10-13-30(35)14-11-26)32-5-3-4-27(19-32)29-20-36-38(22-29)31-15-16-31/h4-6,13,18-20,23,25,27-29,32,34-35,37H,7-12,14-17,21-22,24H2,1-3H3,(H,42,45);3-5,12,17-20,22,24-26,30-31H,6-11,13-16,21,35H2,1-2H3. The van der Waals surface area contributed by atoms with Gasteiger partial charge >= 0.3 is 0 Å². The van der Waals surface area contributed by atoms with Crippen LogP contribution in [0.4, 0.5) is 11.4 Å². The summed E-state index contributed by atoms with van der Waals surface area (Å²) in [5, 5.41) is 12.5. The van der Waals surface area contributed by atoms with Gasteiger partial charge < -0.3 is 35.1 Å². The average Bonchev–Trinajstić information content (AvgIpc) is 4.63. The van der Waals surface area contributed by atoms with E-state index in [1.54, 1.807) is 21.3 Å². The third-order valence-corrected chi connectivity index (χ3v) is 21.3. The molecule has 14 heteroatoms. The zero-order valence-corrected chi connectivity index (χ0v) is 53.0. The van der Waals surface area contributed by atoms with Crippen molar-refractivity contribution in [2.24, 2.45) is 35.3 Å². The number of hydrogen-bond acceptors (Lipinski definition) is 9. The van der Waals surface area contributed by atoms with Crippen molar-refractivity contribution in [2.45, 2.75) is 197 Å². The highest BCUT2D eigenvalue weighted by Gasteiger charge is 2.39. The van der Waals surface area contributed by atoms with Gasteiger partial charge in [-0.3, -0.25) is 23.7 Å². The van der Waals surface area contributed by atoms with Gasteiger partial charge in [-0.15, -0.1) is 0 Å². The molecule has 0 unspecified atom stereocenters. The second-order valence-corrected chi connectivity index (χ2v) is 27.5. The molecule has 88 heavy (non-hydrogen) atoms. The molecule has 2 aromatic heterocycles. The molecule has 13 rings (SSSR count). The number of carbonyl (C=O) groups excluding carboxylic acids is 3. The number of amides is 3. The van der Waals surface area contributed by atoms with Gasteiger partial charge in [-0.2, -0.15) is 10.2 Å². The minimum atomic E-state index is -0.0281. The monoisotopic (exact) mass is 1190 g/mol. The Bertz CT molecular complexity index is 3330. The number of nitrogens with one attached hydrogen (secondary N) is 1. The van der Waals surface area contributed by atoms with Crippen molar-refractivity contribution in [1.82, 2.24) is 24.9 Å². The van der Waals surface area contributed by atoms with Crippen molar-refractivity contribution in [2.75, 3.05) is 44.2 Å². The van der Waals surface area contributed by atoms with E-state index in [0.717, 1.165) is 174 Å². The summed E-state index contributed by atoms with van der Waals surface area (Å²) in [4.78, 5) is 45.5. The number of rotatable bonds is 19. The van der Waals surface area contributed by atoms with Crippen LogP contribution >= 0.6 is 0 Å². The van der Waals surface area contributed by atoms with Gasteiger partial charge in [-0.05, 0) is 249 Å². The number of methoxy groups -OCH3 is 3. The molecule has 0 saturated heterocycles. The van der Waals surface area contributed by atoms with Crippen LogP contribution in [0.2, 0.25) is 0 Å². The molecule has 4 aromatic carbocycles. The zero-order valence-electron chi connectivity index (χ0n) is 53.0. The lowest BCUT2D eigenvalue weighted by molar-refractivity contribution is -0.133. The van der Waals surface area contributed by atoms with Crippen LogP contribution in [0, 0.1) is 43.4 Å². The Morgan fingerprint density at radius 3 is 1.38 bits per heavy atom. The fraction of sp³-hybridized carbons (Fsp3) is 0.554. The highest BCUT2D eigenvalue weighted by Crippen LogP contribution is 2.43. The van der Waals surface area contributed by atoms with E-state index in [1.807, 2.05) is 12.4 Å². The predicted molar refractivity (Wildman–Crippen MR) is 349 cm³/mol. The van der Waals surface area contributed by atoms with Crippen molar-refractivity contribution < 1.29 is 28.6 Å². The fourth-order valence-electron chi connectivity index (χ4n) is 15.2. The summed E-state index contributed by atoms with van der Waals surface area (Å²) in [5.41, 5.74) is 17.9. The van der Waals surface area contributed by atoms with Gasteiger partial charge in [-0.1, -0.05) is 48.5 Å². The second kappa shape index (κ2) is 28.0. The maximum Gasteiger partial charge on any atom is 0.230 e. The maximum absolute atomic E-state index is 14.5.